The monoisotopic (exact) mass is 541 g/mol. The first-order valence-corrected chi connectivity index (χ1v) is 10.9. The number of Topliss-reactive ketones (excluding diaryl/α,β-unsaturated/α-hetero) is 1. The Morgan fingerprint density at radius 2 is 1.75 bits per heavy atom. The second-order valence-electron chi connectivity index (χ2n) is 7.63. The highest BCUT2D eigenvalue weighted by Gasteiger charge is 2.48. The lowest BCUT2D eigenvalue weighted by atomic mass is 9.98. The molecule has 1 aliphatic rings. The highest BCUT2D eigenvalue weighted by molar-refractivity contribution is 6.51. The van der Waals surface area contributed by atoms with Crippen molar-refractivity contribution < 1.29 is 41.8 Å². The van der Waals surface area contributed by atoms with E-state index in [2.05, 4.69) is 4.74 Å². The normalized spacial score (nSPS) is 17.5. The molecule has 12 heteroatoms. The lowest BCUT2D eigenvalue weighted by Gasteiger charge is -2.24. The molecular weight excluding hydrogens is 526 g/mol. The molecule has 1 saturated heterocycles. The molecule has 3 aromatic rings. The zero-order valence-electron chi connectivity index (χ0n) is 18.5. The molecule has 4 rings (SSSR count). The molecule has 0 saturated carbocycles. The Hall–Kier alpha value is -3.63. The van der Waals surface area contributed by atoms with Crippen molar-refractivity contribution in [3.05, 3.63) is 81.2 Å². The van der Waals surface area contributed by atoms with E-state index >= 15 is 0 Å². The van der Waals surface area contributed by atoms with Crippen LogP contribution in [0.15, 0.2) is 58.5 Å². The van der Waals surface area contributed by atoms with Crippen molar-refractivity contribution in [1.29, 1.82) is 0 Å². The standard InChI is InChI=1S/C24H16Cl2F3NO6/c1-11-3-8-17(35-11)19-18(20(31)15-9-12(25)10-16(26)22(15)34-2)21(32)23(33)30(19)13-4-6-14(7-5-13)36-24(27,28)29/h3-10,19,31H,1-2H3/b20-18+. The van der Waals surface area contributed by atoms with Crippen LogP contribution >= 0.6 is 23.2 Å². The first kappa shape index (κ1) is 25.5. The molecule has 0 radical (unpaired) electrons. The van der Waals surface area contributed by atoms with Gasteiger partial charge >= 0.3 is 6.36 Å². The number of carbonyl (C=O) groups excluding carboxylic acids is 2. The average Bonchev–Trinajstić information content (AvgIpc) is 3.33. The molecule has 1 atom stereocenters. The third kappa shape index (κ3) is 4.74. The van der Waals surface area contributed by atoms with E-state index in [9.17, 15) is 27.9 Å². The SMILES string of the molecule is COc1c(Cl)cc(Cl)cc1/C(O)=C1\C(=O)C(=O)N(c2ccc(OC(F)(F)F)cc2)C1c1ccc(C)o1. The number of anilines is 1. The fourth-order valence-corrected chi connectivity index (χ4v) is 4.44. The molecule has 0 aliphatic carbocycles. The van der Waals surface area contributed by atoms with Crippen LogP contribution in [-0.4, -0.2) is 30.3 Å². The molecule has 36 heavy (non-hydrogen) atoms. The van der Waals surface area contributed by atoms with Crippen LogP contribution < -0.4 is 14.4 Å². The van der Waals surface area contributed by atoms with Crippen molar-refractivity contribution in [2.45, 2.75) is 19.3 Å². The minimum atomic E-state index is -4.91. The number of rotatable bonds is 5. The summed E-state index contributed by atoms with van der Waals surface area (Å²) in [6, 6.07) is 8.84. The van der Waals surface area contributed by atoms with Crippen LogP contribution in [0.1, 0.15) is 23.1 Å². The molecule has 1 unspecified atom stereocenters. The van der Waals surface area contributed by atoms with Gasteiger partial charge in [0, 0.05) is 10.7 Å². The molecule has 0 spiro atoms. The second-order valence-corrected chi connectivity index (χ2v) is 8.47. The van der Waals surface area contributed by atoms with E-state index < -0.39 is 35.6 Å². The molecule has 1 amide bonds. The Kier molecular flexibility index (Phi) is 6.68. The molecule has 2 heterocycles. The number of nitrogens with zero attached hydrogens (tertiary/aromatic N) is 1. The predicted octanol–water partition coefficient (Wildman–Crippen LogP) is 6.43. The number of ether oxygens (including phenoxy) is 2. The molecular formula is C24H16Cl2F3NO6. The molecule has 0 bridgehead atoms. The summed E-state index contributed by atoms with van der Waals surface area (Å²) < 4.78 is 52.5. The highest BCUT2D eigenvalue weighted by atomic mass is 35.5. The third-order valence-corrected chi connectivity index (χ3v) is 5.79. The first-order chi connectivity index (χ1) is 16.9. The summed E-state index contributed by atoms with van der Waals surface area (Å²) in [7, 11) is 1.29. The molecule has 2 aromatic carbocycles. The minimum Gasteiger partial charge on any atom is -0.507 e. The number of alkyl halides is 3. The van der Waals surface area contributed by atoms with Gasteiger partial charge in [0.15, 0.2) is 0 Å². The Morgan fingerprint density at radius 1 is 1.08 bits per heavy atom. The van der Waals surface area contributed by atoms with Crippen molar-refractivity contribution in [1.82, 2.24) is 0 Å². The van der Waals surface area contributed by atoms with Gasteiger partial charge in [0.25, 0.3) is 11.7 Å². The fraction of sp³-hybridized carbons (Fsp3) is 0.167. The molecule has 188 valence electrons. The summed E-state index contributed by atoms with van der Waals surface area (Å²) >= 11 is 12.3. The quantitative estimate of drug-likeness (QED) is 0.227. The van der Waals surface area contributed by atoms with Crippen LogP contribution in [0.4, 0.5) is 18.9 Å². The summed E-state index contributed by atoms with van der Waals surface area (Å²) in [6.45, 7) is 1.64. The van der Waals surface area contributed by atoms with Gasteiger partial charge in [0.2, 0.25) is 0 Å². The van der Waals surface area contributed by atoms with Crippen molar-refractivity contribution in [3.63, 3.8) is 0 Å². The largest absolute Gasteiger partial charge is 0.573 e. The van der Waals surface area contributed by atoms with E-state index in [-0.39, 0.29) is 38.4 Å². The van der Waals surface area contributed by atoms with Gasteiger partial charge in [0.05, 0.1) is 23.3 Å². The number of aliphatic hydroxyl groups excluding tert-OH is 1. The van der Waals surface area contributed by atoms with Crippen LogP contribution in [-0.2, 0) is 9.59 Å². The van der Waals surface area contributed by atoms with Gasteiger partial charge in [-0.3, -0.25) is 14.5 Å². The Bertz CT molecular complexity index is 1380. The number of hydrogen-bond donors (Lipinski definition) is 1. The van der Waals surface area contributed by atoms with E-state index in [0.29, 0.717) is 5.76 Å². The van der Waals surface area contributed by atoms with Crippen LogP contribution in [0, 0.1) is 6.92 Å². The molecule has 1 fully saturated rings. The topological polar surface area (TPSA) is 89.2 Å². The van der Waals surface area contributed by atoms with Crippen molar-refractivity contribution >= 4 is 46.3 Å². The van der Waals surface area contributed by atoms with Crippen molar-refractivity contribution in [2.24, 2.45) is 0 Å². The predicted molar refractivity (Wildman–Crippen MR) is 124 cm³/mol. The van der Waals surface area contributed by atoms with Gasteiger partial charge < -0.3 is 19.0 Å². The second kappa shape index (κ2) is 9.44. The van der Waals surface area contributed by atoms with E-state index in [4.69, 9.17) is 32.4 Å². The first-order valence-electron chi connectivity index (χ1n) is 10.2. The smallest absolute Gasteiger partial charge is 0.507 e. The van der Waals surface area contributed by atoms with E-state index in [1.165, 1.54) is 37.4 Å². The number of carbonyl (C=O) groups is 2. The molecule has 7 nitrogen and oxygen atoms in total. The Balaban J connectivity index is 1.90. The third-order valence-electron chi connectivity index (χ3n) is 5.29. The number of halogens is 5. The Morgan fingerprint density at radius 3 is 2.31 bits per heavy atom. The average molecular weight is 542 g/mol. The maximum atomic E-state index is 13.2. The Labute approximate surface area is 212 Å². The van der Waals surface area contributed by atoms with Crippen LogP contribution in [0.5, 0.6) is 11.5 Å². The van der Waals surface area contributed by atoms with Gasteiger partial charge in [-0.1, -0.05) is 23.2 Å². The van der Waals surface area contributed by atoms with E-state index in [0.717, 1.165) is 17.0 Å². The lowest BCUT2D eigenvalue weighted by Crippen LogP contribution is -2.29. The van der Waals surface area contributed by atoms with E-state index in [1.54, 1.807) is 13.0 Å². The van der Waals surface area contributed by atoms with Gasteiger partial charge in [-0.25, -0.2) is 0 Å². The molecule has 1 N–H and O–H groups in total. The molecule has 1 aliphatic heterocycles. The van der Waals surface area contributed by atoms with E-state index in [1.807, 2.05) is 0 Å². The van der Waals surface area contributed by atoms with Crippen LogP contribution in [0.2, 0.25) is 10.0 Å². The highest BCUT2D eigenvalue weighted by Crippen LogP contribution is 2.45. The maximum absolute atomic E-state index is 13.2. The number of aryl methyl sites for hydroxylation is 1. The van der Waals surface area contributed by atoms with Crippen LogP contribution in [0.25, 0.3) is 5.76 Å². The van der Waals surface area contributed by atoms with Gasteiger partial charge in [-0.2, -0.15) is 0 Å². The van der Waals surface area contributed by atoms with Crippen molar-refractivity contribution in [3.8, 4) is 11.5 Å². The number of furan rings is 1. The number of methoxy groups -OCH3 is 1. The maximum Gasteiger partial charge on any atom is 0.573 e. The summed E-state index contributed by atoms with van der Waals surface area (Å²) in [4.78, 5) is 27.3. The fourth-order valence-electron chi connectivity index (χ4n) is 3.87. The van der Waals surface area contributed by atoms with Gasteiger partial charge in [-0.15, -0.1) is 13.2 Å². The van der Waals surface area contributed by atoms with Crippen LogP contribution in [0.3, 0.4) is 0 Å². The zero-order chi connectivity index (χ0) is 26.4. The number of amides is 1. The molecule has 1 aromatic heterocycles. The minimum absolute atomic E-state index is 0.00722. The zero-order valence-corrected chi connectivity index (χ0v) is 20.0. The van der Waals surface area contributed by atoms with Gasteiger partial charge in [-0.05, 0) is 55.5 Å². The number of hydrogen-bond acceptors (Lipinski definition) is 6. The van der Waals surface area contributed by atoms with Crippen molar-refractivity contribution in [2.75, 3.05) is 12.0 Å². The number of ketones is 1. The summed E-state index contributed by atoms with van der Waals surface area (Å²) in [5.74, 6) is -2.69. The number of aliphatic hydroxyl groups is 1. The summed E-state index contributed by atoms with van der Waals surface area (Å²) in [5, 5.41) is 11.4. The van der Waals surface area contributed by atoms with Gasteiger partial charge in [0.1, 0.15) is 34.8 Å². The number of benzene rings is 2. The lowest BCUT2D eigenvalue weighted by molar-refractivity contribution is -0.274. The summed E-state index contributed by atoms with van der Waals surface area (Å²) in [6.07, 6.45) is -4.91. The summed E-state index contributed by atoms with van der Waals surface area (Å²) in [5.41, 5.74) is -0.349.